The van der Waals surface area contributed by atoms with Gasteiger partial charge in [-0.15, -0.1) is 0 Å². The lowest BCUT2D eigenvalue weighted by Gasteiger charge is -2.34. The molecule has 0 bridgehead atoms. The van der Waals surface area contributed by atoms with Crippen LogP contribution in [0.25, 0.3) is 5.57 Å². The first-order valence-corrected chi connectivity index (χ1v) is 9.88. The van der Waals surface area contributed by atoms with Crippen LogP contribution in [-0.4, -0.2) is 68.2 Å². The maximum atomic E-state index is 13.5. The number of hydrogen-bond donors (Lipinski definition) is 0. The number of hydrogen-bond acceptors (Lipinski definition) is 4. The largest absolute Gasteiger partial charge is 0.497 e. The van der Waals surface area contributed by atoms with Crippen molar-refractivity contribution in [2.45, 2.75) is 6.18 Å². The molecule has 2 amide bonds. The van der Waals surface area contributed by atoms with E-state index in [9.17, 15) is 22.8 Å². The fourth-order valence-electron chi connectivity index (χ4n) is 3.40. The molecule has 3 rings (SSSR count). The van der Waals surface area contributed by atoms with E-state index in [1.807, 2.05) is 0 Å². The summed E-state index contributed by atoms with van der Waals surface area (Å²) in [6, 6.07) is 12.0. The van der Waals surface area contributed by atoms with Crippen LogP contribution >= 0.6 is 0 Å². The van der Waals surface area contributed by atoms with Crippen molar-refractivity contribution in [2.24, 2.45) is 0 Å². The highest BCUT2D eigenvalue weighted by molar-refractivity contribution is 5.97. The summed E-state index contributed by atoms with van der Waals surface area (Å²) in [4.78, 5) is 28.3. The molecule has 9 heteroatoms. The van der Waals surface area contributed by atoms with Crippen LogP contribution < -0.4 is 9.47 Å². The van der Waals surface area contributed by atoms with Crippen molar-refractivity contribution in [1.82, 2.24) is 9.80 Å². The Morgan fingerprint density at radius 1 is 0.844 bits per heavy atom. The van der Waals surface area contributed by atoms with Gasteiger partial charge in [0.15, 0.2) is 0 Å². The highest BCUT2D eigenvalue weighted by atomic mass is 19.4. The van der Waals surface area contributed by atoms with Gasteiger partial charge in [0.2, 0.25) is 5.91 Å². The van der Waals surface area contributed by atoms with Crippen molar-refractivity contribution in [2.75, 3.05) is 40.4 Å². The van der Waals surface area contributed by atoms with Gasteiger partial charge >= 0.3 is 6.18 Å². The third-order valence-corrected chi connectivity index (χ3v) is 5.13. The highest BCUT2D eigenvalue weighted by Crippen LogP contribution is 2.34. The van der Waals surface area contributed by atoms with Gasteiger partial charge in [0.1, 0.15) is 11.5 Å². The monoisotopic (exact) mass is 448 g/mol. The number of alkyl halides is 3. The molecule has 0 atom stereocenters. The second kappa shape index (κ2) is 9.76. The molecule has 0 unspecified atom stereocenters. The van der Waals surface area contributed by atoms with Crippen LogP contribution in [0, 0.1) is 0 Å². The molecule has 170 valence electrons. The van der Waals surface area contributed by atoms with Crippen LogP contribution in [0.15, 0.2) is 54.6 Å². The SMILES string of the molecule is COc1cc(OC)cc(C(=O)N2CCN(C(=O)/C=C(/c3ccccc3)C(F)(F)F)CC2)c1. The number of halogens is 3. The second-order valence-electron chi connectivity index (χ2n) is 7.14. The molecule has 1 aliphatic rings. The van der Waals surface area contributed by atoms with Gasteiger partial charge in [-0.1, -0.05) is 30.3 Å². The van der Waals surface area contributed by atoms with E-state index < -0.39 is 17.7 Å². The quantitative estimate of drug-likeness (QED) is 0.656. The molecule has 0 aliphatic carbocycles. The minimum Gasteiger partial charge on any atom is -0.497 e. The summed E-state index contributed by atoms with van der Waals surface area (Å²) in [5.74, 6) is -0.0825. The molecule has 0 saturated carbocycles. The van der Waals surface area contributed by atoms with E-state index in [0.29, 0.717) is 23.1 Å². The van der Waals surface area contributed by atoms with Gasteiger partial charge in [0.05, 0.1) is 19.8 Å². The number of piperazine rings is 1. The third kappa shape index (κ3) is 5.40. The van der Waals surface area contributed by atoms with Crippen molar-refractivity contribution in [3.8, 4) is 11.5 Å². The number of methoxy groups -OCH3 is 2. The van der Waals surface area contributed by atoms with Crippen LogP contribution in [0.2, 0.25) is 0 Å². The Morgan fingerprint density at radius 3 is 1.88 bits per heavy atom. The van der Waals surface area contributed by atoms with Crippen LogP contribution in [0.3, 0.4) is 0 Å². The van der Waals surface area contributed by atoms with Crippen LogP contribution in [0.1, 0.15) is 15.9 Å². The van der Waals surface area contributed by atoms with Crippen molar-refractivity contribution in [3.05, 3.63) is 65.7 Å². The molecule has 1 saturated heterocycles. The van der Waals surface area contributed by atoms with Gasteiger partial charge in [0, 0.05) is 43.9 Å². The van der Waals surface area contributed by atoms with Gasteiger partial charge in [0.25, 0.3) is 5.91 Å². The van der Waals surface area contributed by atoms with Crippen LogP contribution in [0.4, 0.5) is 13.2 Å². The third-order valence-electron chi connectivity index (χ3n) is 5.13. The molecule has 0 radical (unpaired) electrons. The van der Waals surface area contributed by atoms with E-state index >= 15 is 0 Å². The Hall–Kier alpha value is -3.49. The molecular formula is C23H23F3N2O4. The summed E-state index contributed by atoms with van der Waals surface area (Å²) in [5, 5.41) is 0. The zero-order valence-corrected chi connectivity index (χ0v) is 17.7. The first-order valence-electron chi connectivity index (χ1n) is 9.88. The zero-order valence-electron chi connectivity index (χ0n) is 17.7. The molecular weight excluding hydrogens is 425 g/mol. The van der Waals surface area contributed by atoms with E-state index in [-0.39, 0.29) is 37.6 Å². The molecule has 2 aromatic rings. The smallest absolute Gasteiger partial charge is 0.417 e. The predicted octanol–water partition coefficient (Wildman–Crippen LogP) is 3.63. The minimum atomic E-state index is -4.67. The summed E-state index contributed by atoms with van der Waals surface area (Å²) in [5.41, 5.74) is -0.705. The Balaban J connectivity index is 1.70. The molecule has 1 heterocycles. The van der Waals surface area contributed by atoms with Gasteiger partial charge in [-0.05, 0) is 17.7 Å². The fourth-order valence-corrected chi connectivity index (χ4v) is 3.40. The number of carbonyl (C=O) groups excluding carboxylic acids is 2. The topological polar surface area (TPSA) is 59.1 Å². The standard InChI is InChI=1S/C23H23F3N2O4/c1-31-18-12-17(13-19(14-18)32-2)22(30)28-10-8-27(9-11-28)21(29)15-20(23(24,25)26)16-6-4-3-5-7-16/h3-7,12-15H,8-11H2,1-2H3/b20-15-. The average molecular weight is 448 g/mol. The molecule has 0 spiro atoms. The minimum absolute atomic E-state index is 0.0749. The Morgan fingerprint density at radius 2 is 1.38 bits per heavy atom. The zero-order chi connectivity index (χ0) is 23.3. The molecule has 0 N–H and O–H groups in total. The normalized spacial score (nSPS) is 14.8. The van der Waals surface area contributed by atoms with Crippen LogP contribution in [0.5, 0.6) is 11.5 Å². The van der Waals surface area contributed by atoms with Gasteiger partial charge in [-0.2, -0.15) is 13.2 Å². The summed E-state index contributed by atoms with van der Waals surface area (Å²) >= 11 is 0. The molecule has 32 heavy (non-hydrogen) atoms. The number of benzene rings is 2. The number of nitrogens with zero attached hydrogens (tertiary/aromatic N) is 2. The van der Waals surface area contributed by atoms with Crippen molar-refractivity contribution in [1.29, 1.82) is 0 Å². The van der Waals surface area contributed by atoms with Crippen molar-refractivity contribution >= 4 is 17.4 Å². The molecule has 1 aliphatic heterocycles. The maximum absolute atomic E-state index is 13.5. The van der Waals surface area contributed by atoms with E-state index in [0.717, 1.165) is 0 Å². The number of amides is 2. The first kappa shape index (κ1) is 23.2. The lowest BCUT2D eigenvalue weighted by Crippen LogP contribution is -2.50. The van der Waals surface area contributed by atoms with Crippen molar-refractivity contribution < 1.29 is 32.2 Å². The molecule has 1 fully saturated rings. The number of rotatable bonds is 5. The number of allylic oxidation sites excluding steroid dienone is 1. The van der Waals surface area contributed by atoms with E-state index in [1.165, 1.54) is 43.4 Å². The lowest BCUT2D eigenvalue weighted by atomic mass is 10.0. The van der Waals surface area contributed by atoms with Gasteiger partial charge < -0.3 is 19.3 Å². The van der Waals surface area contributed by atoms with Crippen molar-refractivity contribution in [3.63, 3.8) is 0 Å². The Labute approximate surface area is 183 Å². The van der Waals surface area contributed by atoms with Gasteiger partial charge in [-0.3, -0.25) is 9.59 Å². The summed E-state index contributed by atoms with van der Waals surface area (Å²) < 4.78 is 50.9. The Kier molecular flexibility index (Phi) is 7.07. The van der Waals surface area contributed by atoms with Crippen LogP contribution in [-0.2, 0) is 4.79 Å². The fraction of sp³-hybridized carbons (Fsp3) is 0.304. The number of carbonyl (C=O) groups is 2. The summed E-state index contributed by atoms with van der Waals surface area (Å²) in [6.45, 7) is 0.652. The van der Waals surface area contributed by atoms with E-state index in [1.54, 1.807) is 29.2 Å². The average Bonchev–Trinajstić information content (AvgIpc) is 2.81. The van der Waals surface area contributed by atoms with Gasteiger partial charge in [-0.25, -0.2) is 0 Å². The van der Waals surface area contributed by atoms with E-state index in [2.05, 4.69) is 0 Å². The predicted molar refractivity (Wildman–Crippen MR) is 113 cm³/mol. The highest BCUT2D eigenvalue weighted by Gasteiger charge is 2.36. The lowest BCUT2D eigenvalue weighted by molar-refractivity contribution is -0.127. The Bertz CT molecular complexity index is 976. The summed E-state index contributed by atoms with van der Waals surface area (Å²) in [6.07, 6.45) is -4.04. The second-order valence-corrected chi connectivity index (χ2v) is 7.14. The number of ether oxygens (including phenoxy) is 2. The maximum Gasteiger partial charge on any atom is 0.417 e. The molecule has 0 aromatic heterocycles. The molecule has 6 nitrogen and oxygen atoms in total. The molecule has 2 aromatic carbocycles. The summed E-state index contributed by atoms with van der Waals surface area (Å²) in [7, 11) is 2.96. The first-order chi connectivity index (χ1) is 15.2. The van der Waals surface area contributed by atoms with E-state index in [4.69, 9.17) is 9.47 Å².